The molecule has 1 aliphatic heterocycles. The van der Waals surface area contributed by atoms with Crippen molar-refractivity contribution in [1.82, 2.24) is 10.6 Å². The van der Waals surface area contributed by atoms with Gasteiger partial charge >= 0.3 is 0 Å². The summed E-state index contributed by atoms with van der Waals surface area (Å²) in [5.74, 6) is -0.296. The minimum absolute atomic E-state index is 0.0169. The summed E-state index contributed by atoms with van der Waals surface area (Å²) in [7, 11) is 0. The maximum atomic E-state index is 13.1. The molecule has 0 saturated carbocycles. The van der Waals surface area contributed by atoms with Crippen LogP contribution in [0.25, 0.3) is 0 Å². The van der Waals surface area contributed by atoms with Gasteiger partial charge in [-0.15, -0.1) is 0 Å². The fourth-order valence-corrected chi connectivity index (χ4v) is 2.30. The molecule has 0 bridgehead atoms. The molecule has 3 nitrogen and oxygen atoms in total. The average Bonchev–Trinajstić information content (AvgIpc) is 2.77. The van der Waals surface area contributed by atoms with E-state index in [0.29, 0.717) is 0 Å². The molecule has 0 aromatic heterocycles. The molecule has 1 saturated heterocycles. The van der Waals surface area contributed by atoms with Crippen molar-refractivity contribution in [2.75, 3.05) is 6.54 Å². The van der Waals surface area contributed by atoms with Crippen LogP contribution in [0.15, 0.2) is 24.3 Å². The van der Waals surface area contributed by atoms with E-state index in [1.807, 2.05) is 19.9 Å². The van der Waals surface area contributed by atoms with Gasteiger partial charge in [-0.3, -0.25) is 4.79 Å². The molecule has 1 aliphatic rings. The van der Waals surface area contributed by atoms with E-state index >= 15 is 0 Å². The predicted molar refractivity (Wildman–Crippen MR) is 68.6 cm³/mol. The predicted octanol–water partition coefficient (Wildman–Crippen LogP) is 2.14. The number of rotatable bonds is 3. The Kier molecular flexibility index (Phi) is 3.66. The van der Waals surface area contributed by atoms with Crippen LogP contribution in [-0.4, -0.2) is 18.0 Å². The number of halogens is 1. The second-order valence-electron chi connectivity index (χ2n) is 5.11. The highest BCUT2D eigenvalue weighted by molar-refractivity contribution is 5.86. The third-order valence-corrected chi connectivity index (χ3v) is 3.57. The van der Waals surface area contributed by atoms with Gasteiger partial charge in [-0.2, -0.15) is 0 Å². The fraction of sp³-hybridized carbons (Fsp3) is 0.500. The van der Waals surface area contributed by atoms with Gasteiger partial charge in [-0.05, 0) is 50.9 Å². The molecule has 1 aromatic rings. The molecule has 98 valence electrons. The number of nitrogens with one attached hydrogen (secondary N) is 2. The minimum Gasteiger partial charge on any atom is -0.348 e. The first kappa shape index (κ1) is 13.0. The van der Waals surface area contributed by atoms with E-state index in [0.717, 1.165) is 24.9 Å². The van der Waals surface area contributed by atoms with Gasteiger partial charge in [0, 0.05) is 0 Å². The van der Waals surface area contributed by atoms with Crippen LogP contribution in [0.5, 0.6) is 0 Å². The second kappa shape index (κ2) is 5.06. The standard InChI is InChI=1S/C14H19FN2O/c1-10(11-5-3-6-12(15)9-11)17-13(18)14(2)7-4-8-16-14/h3,5-6,9-10,16H,4,7-8H2,1-2H3,(H,17,18)/t10-,14?/m1/s1. The summed E-state index contributed by atoms with van der Waals surface area (Å²) in [5, 5.41) is 6.15. The normalized spacial score (nSPS) is 24.8. The van der Waals surface area contributed by atoms with Crippen LogP contribution in [0.3, 0.4) is 0 Å². The van der Waals surface area contributed by atoms with E-state index in [2.05, 4.69) is 10.6 Å². The van der Waals surface area contributed by atoms with E-state index in [-0.39, 0.29) is 17.8 Å². The number of hydrogen-bond donors (Lipinski definition) is 2. The van der Waals surface area contributed by atoms with E-state index in [1.165, 1.54) is 12.1 Å². The third kappa shape index (κ3) is 2.70. The van der Waals surface area contributed by atoms with Crippen molar-refractivity contribution in [3.05, 3.63) is 35.6 Å². The summed E-state index contributed by atoms with van der Waals surface area (Å²) in [5.41, 5.74) is 0.298. The zero-order valence-corrected chi connectivity index (χ0v) is 10.8. The maximum Gasteiger partial charge on any atom is 0.240 e. The molecule has 4 heteroatoms. The highest BCUT2D eigenvalue weighted by Gasteiger charge is 2.36. The summed E-state index contributed by atoms with van der Waals surface area (Å²) in [6.07, 6.45) is 1.85. The summed E-state index contributed by atoms with van der Waals surface area (Å²) in [6, 6.07) is 6.14. The molecule has 2 atom stereocenters. The van der Waals surface area contributed by atoms with Crippen molar-refractivity contribution < 1.29 is 9.18 Å². The van der Waals surface area contributed by atoms with Crippen LogP contribution in [-0.2, 0) is 4.79 Å². The molecule has 1 fully saturated rings. The van der Waals surface area contributed by atoms with E-state index in [4.69, 9.17) is 0 Å². The van der Waals surface area contributed by atoms with Gasteiger partial charge in [-0.25, -0.2) is 4.39 Å². The Bertz CT molecular complexity index is 441. The molecule has 0 radical (unpaired) electrons. The lowest BCUT2D eigenvalue weighted by molar-refractivity contribution is -0.127. The molecule has 1 aromatic carbocycles. The highest BCUT2D eigenvalue weighted by atomic mass is 19.1. The van der Waals surface area contributed by atoms with Crippen LogP contribution in [0.1, 0.15) is 38.3 Å². The monoisotopic (exact) mass is 250 g/mol. The maximum absolute atomic E-state index is 13.1. The molecule has 1 amide bonds. The lowest BCUT2D eigenvalue weighted by atomic mass is 9.98. The number of benzene rings is 1. The van der Waals surface area contributed by atoms with Crippen molar-refractivity contribution >= 4 is 5.91 Å². The Morgan fingerprint density at radius 2 is 2.33 bits per heavy atom. The molecule has 2 N–H and O–H groups in total. The van der Waals surface area contributed by atoms with Crippen LogP contribution in [0.2, 0.25) is 0 Å². The highest BCUT2D eigenvalue weighted by Crippen LogP contribution is 2.21. The Labute approximate surface area is 107 Å². The van der Waals surface area contributed by atoms with Gasteiger partial charge in [0.25, 0.3) is 0 Å². The van der Waals surface area contributed by atoms with Crippen molar-refractivity contribution in [2.24, 2.45) is 0 Å². The van der Waals surface area contributed by atoms with Gasteiger partial charge in [-0.1, -0.05) is 12.1 Å². The number of carbonyl (C=O) groups excluding carboxylic acids is 1. The Hall–Kier alpha value is -1.42. The first-order valence-electron chi connectivity index (χ1n) is 6.33. The van der Waals surface area contributed by atoms with Crippen LogP contribution < -0.4 is 10.6 Å². The van der Waals surface area contributed by atoms with E-state index in [1.54, 1.807) is 6.07 Å². The number of carbonyl (C=O) groups is 1. The van der Waals surface area contributed by atoms with Gasteiger partial charge < -0.3 is 10.6 Å². The van der Waals surface area contributed by atoms with Crippen molar-refractivity contribution in [3.63, 3.8) is 0 Å². The quantitative estimate of drug-likeness (QED) is 0.863. The molecular weight excluding hydrogens is 231 g/mol. The van der Waals surface area contributed by atoms with Crippen molar-refractivity contribution in [2.45, 2.75) is 38.3 Å². The summed E-state index contributed by atoms with van der Waals surface area (Å²) < 4.78 is 13.1. The van der Waals surface area contributed by atoms with E-state index < -0.39 is 5.54 Å². The molecule has 2 rings (SSSR count). The van der Waals surface area contributed by atoms with Crippen molar-refractivity contribution in [3.8, 4) is 0 Å². The van der Waals surface area contributed by atoms with Gasteiger partial charge in [0.1, 0.15) is 5.82 Å². The van der Waals surface area contributed by atoms with Crippen molar-refractivity contribution in [1.29, 1.82) is 0 Å². The second-order valence-corrected chi connectivity index (χ2v) is 5.11. The molecule has 0 aliphatic carbocycles. The SMILES string of the molecule is C[C@@H](NC(=O)C1(C)CCCN1)c1cccc(F)c1. The topological polar surface area (TPSA) is 41.1 Å². The summed E-state index contributed by atoms with van der Waals surface area (Å²) in [6.45, 7) is 4.65. The van der Waals surface area contributed by atoms with Gasteiger partial charge in [0.05, 0.1) is 11.6 Å². The lowest BCUT2D eigenvalue weighted by Gasteiger charge is -2.25. The summed E-state index contributed by atoms with van der Waals surface area (Å²) in [4.78, 5) is 12.2. The zero-order valence-electron chi connectivity index (χ0n) is 10.8. The molecule has 1 heterocycles. The number of amides is 1. The zero-order chi connectivity index (χ0) is 13.2. The van der Waals surface area contributed by atoms with Crippen LogP contribution in [0, 0.1) is 5.82 Å². The number of hydrogen-bond acceptors (Lipinski definition) is 2. The smallest absolute Gasteiger partial charge is 0.240 e. The fourth-order valence-electron chi connectivity index (χ4n) is 2.30. The van der Waals surface area contributed by atoms with E-state index in [9.17, 15) is 9.18 Å². The molecule has 1 unspecified atom stereocenters. The lowest BCUT2D eigenvalue weighted by Crippen LogP contribution is -2.51. The van der Waals surface area contributed by atoms with Gasteiger partial charge in [0.2, 0.25) is 5.91 Å². The first-order valence-corrected chi connectivity index (χ1v) is 6.33. The third-order valence-electron chi connectivity index (χ3n) is 3.57. The van der Waals surface area contributed by atoms with Crippen LogP contribution >= 0.6 is 0 Å². The van der Waals surface area contributed by atoms with Crippen LogP contribution in [0.4, 0.5) is 4.39 Å². The molecule has 18 heavy (non-hydrogen) atoms. The summed E-state index contributed by atoms with van der Waals surface area (Å²) >= 11 is 0. The first-order chi connectivity index (χ1) is 8.51. The largest absolute Gasteiger partial charge is 0.348 e. The minimum atomic E-state index is -0.485. The Morgan fingerprint density at radius 3 is 2.94 bits per heavy atom. The average molecular weight is 250 g/mol. The van der Waals surface area contributed by atoms with Gasteiger partial charge in [0.15, 0.2) is 0 Å². The Morgan fingerprint density at radius 1 is 1.56 bits per heavy atom. The molecule has 0 spiro atoms. The Balaban J connectivity index is 2.03. The molecular formula is C14H19FN2O.